The number of hydrogen-bond donors (Lipinski definition) is 1. The van der Waals surface area contributed by atoms with Crippen molar-refractivity contribution in [2.24, 2.45) is 5.92 Å². The summed E-state index contributed by atoms with van der Waals surface area (Å²) in [5.74, 6) is 1.02. The lowest BCUT2D eigenvalue weighted by molar-refractivity contribution is 0.251. The van der Waals surface area contributed by atoms with Gasteiger partial charge in [-0.05, 0) is 58.2 Å². The molecule has 0 radical (unpaired) electrons. The van der Waals surface area contributed by atoms with E-state index in [2.05, 4.69) is 17.1 Å². The summed E-state index contributed by atoms with van der Waals surface area (Å²) < 4.78 is 0. The Morgan fingerprint density at radius 1 is 1.31 bits per heavy atom. The lowest BCUT2D eigenvalue weighted by Gasteiger charge is -2.23. The highest BCUT2D eigenvalue weighted by Crippen LogP contribution is 2.27. The first-order valence-electron chi connectivity index (χ1n) is 5.81. The molecule has 1 saturated heterocycles. The van der Waals surface area contributed by atoms with Crippen molar-refractivity contribution in [3.8, 4) is 0 Å². The van der Waals surface area contributed by atoms with Gasteiger partial charge in [0.2, 0.25) is 0 Å². The van der Waals surface area contributed by atoms with Crippen LogP contribution in [-0.4, -0.2) is 37.1 Å². The first-order valence-corrected chi connectivity index (χ1v) is 5.81. The molecule has 13 heavy (non-hydrogen) atoms. The fraction of sp³-hybridized carbons (Fsp3) is 1.00. The van der Waals surface area contributed by atoms with E-state index < -0.39 is 0 Å². The van der Waals surface area contributed by atoms with Gasteiger partial charge in [-0.25, -0.2) is 0 Å². The second kappa shape index (κ2) is 4.43. The van der Waals surface area contributed by atoms with Crippen molar-refractivity contribution in [2.45, 2.75) is 38.6 Å². The van der Waals surface area contributed by atoms with Gasteiger partial charge in [-0.1, -0.05) is 0 Å². The van der Waals surface area contributed by atoms with Crippen LogP contribution in [0.5, 0.6) is 0 Å². The Morgan fingerprint density at radius 3 is 2.62 bits per heavy atom. The standard InChI is InChI=1S/C11H22N2/c1-10(13-6-2-3-7-13)8-12-9-11-4-5-11/h10-12H,2-9H2,1H3. The zero-order valence-corrected chi connectivity index (χ0v) is 8.76. The van der Waals surface area contributed by atoms with Crippen molar-refractivity contribution in [1.29, 1.82) is 0 Å². The Morgan fingerprint density at radius 2 is 2.00 bits per heavy atom. The minimum absolute atomic E-state index is 0.751. The average Bonchev–Trinajstić information content (AvgIpc) is 2.80. The number of nitrogens with zero attached hydrogens (tertiary/aromatic N) is 1. The second-order valence-electron chi connectivity index (χ2n) is 4.69. The van der Waals surface area contributed by atoms with Gasteiger partial charge in [-0.3, -0.25) is 4.90 Å². The third-order valence-electron chi connectivity index (χ3n) is 3.33. The van der Waals surface area contributed by atoms with Crippen LogP contribution in [0.1, 0.15) is 32.6 Å². The number of likely N-dealkylation sites (tertiary alicyclic amines) is 1. The maximum Gasteiger partial charge on any atom is 0.0192 e. The fourth-order valence-electron chi connectivity index (χ4n) is 2.13. The summed E-state index contributed by atoms with van der Waals surface area (Å²) in [4.78, 5) is 2.61. The van der Waals surface area contributed by atoms with E-state index in [1.165, 1.54) is 51.9 Å². The van der Waals surface area contributed by atoms with E-state index in [-0.39, 0.29) is 0 Å². The van der Waals surface area contributed by atoms with E-state index in [0.717, 1.165) is 12.0 Å². The zero-order valence-electron chi connectivity index (χ0n) is 8.76. The lowest BCUT2D eigenvalue weighted by atomic mass is 10.3. The summed E-state index contributed by atoms with van der Waals surface area (Å²) in [6.45, 7) is 7.46. The molecule has 0 aromatic carbocycles. The summed E-state index contributed by atoms with van der Waals surface area (Å²) in [6, 6.07) is 0.751. The Labute approximate surface area is 81.7 Å². The highest BCUT2D eigenvalue weighted by molar-refractivity contribution is 4.78. The van der Waals surface area contributed by atoms with E-state index >= 15 is 0 Å². The van der Waals surface area contributed by atoms with Crippen molar-refractivity contribution >= 4 is 0 Å². The molecule has 0 amide bonds. The van der Waals surface area contributed by atoms with Gasteiger partial charge in [0.05, 0.1) is 0 Å². The smallest absolute Gasteiger partial charge is 0.0192 e. The van der Waals surface area contributed by atoms with Crippen molar-refractivity contribution in [3.05, 3.63) is 0 Å². The van der Waals surface area contributed by atoms with Gasteiger partial charge in [-0.15, -0.1) is 0 Å². The van der Waals surface area contributed by atoms with Crippen molar-refractivity contribution < 1.29 is 0 Å². The highest BCUT2D eigenvalue weighted by Gasteiger charge is 2.22. The quantitative estimate of drug-likeness (QED) is 0.692. The van der Waals surface area contributed by atoms with Gasteiger partial charge in [-0.2, -0.15) is 0 Å². The van der Waals surface area contributed by atoms with Crippen LogP contribution in [0.3, 0.4) is 0 Å². The summed E-state index contributed by atoms with van der Waals surface area (Å²) in [7, 11) is 0. The SMILES string of the molecule is CC(CNCC1CC1)N1CCCC1. The monoisotopic (exact) mass is 182 g/mol. The molecule has 2 aliphatic rings. The van der Waals surface area contributed by atoms with Crippen molar-refractivity contribution in [2.75, 3.05) is 26.2 Å². The maximum atomic E-state index is 3.58. The summed E-state index contributed by atoms with van der Waals surface area (Å²) >= 11 is 0. The number of nitrogens with one attached hydrogen (secondary N) is 1. The normalized spacial score (nSPS) is 26.5. The van der Waals surface area contributed by atoms with Crippen LogP contribution in [-0.2, 0) is 0 Å². The molecule has 0 aromatic heterocycles. The van der Waals surface area contributed by atoms with Gasteiger partial charge in [0, 0.05) is 12.6 Å². The topological polar surface area (TPSA) is 15.3 Å². The number of hydrogen-bond acceptors (Lipinski definition) is 2. The summed E-state index contributed by atoms with van der Waals surface area (Å²) in [5.41, 5.74) is 0. The largest absolute Gasteiger partial charge is 0.315 e. The van der Waals surface area contributed by atoms with Gasteiger partial charge in [0.15, 0.2) is 0 Å². The van der Waals surface area contributed by atoms with Crippen LogP contribution in [0.4, 0.5) is 0 Å². The zero-order chi connectivity index (χ0) is 9.10. The Hall–Kier alpha value is -0.0800. The van der Waals surface area contributed by atoms with E-state index in [0.29, 0.717) is 0 Å². The Balaban J connectivity index is 1.56. The molecule has 0 aromatic rings. The predicted octanol–water partition coefficient (Wildman–Crippen LogP) is 1.47. The second-order valence-corrected chi connectivity index (χ2v) is 4.69. The highest BCUT2D eigenvalue weighted by atomic mass is 15.2. The van der Waals surface area contributed by atoms with Crippen LogP contribution < -0.4 is 5.32 Å². The molecule has 1 atom stereocenters. The fourth-order valence-corrected chi connectivity index (χ4v) is 2.13. The maximum absolute atomic E-state index is 3.58. The molecule has 1 aliphatic heterocycles. The van der Waals surface area contributed by atoms with E-state index in [1.54, 1.807) is 0 Å². The molecule has 2 nitrogen and oxygen atoms in total. The molecule has 1 unspecified atom stereocenters. The van der Waals surface area contributed by atoms with E-state index in [4.69, 9.17) is 0 Å². The van der Waals surface area contributed by atoms with Crippen LogP contribution in [0.25, 0.3) is 0 Å². The summed E-state index contributed by atoms with van der Waals surface area (Å²) in [6.07, 6.45) is 5.75. The Kier molecular flexibility index (Phi) is 3.23. The van der Waals surface area contributed by atoms with Gasteiger partial charge >= 0.3 is 0 Å². The van der Waals surface area contributed by atoms with Crippen molar-refractivity contribution in [1.82, 2.24) is 10.2 Å². The van der Waals surface area contributed by atoms with E-state index in [9.17, 15) is 0 Å². The molecule has 1 saturated carbocycles. The van der Waals surface area contributed by atoms with Gasteiger partial charge in [0.25, 0.3) is 0 Å². The molecule has 0 bridgehead atoms. The first-order chi connectivity index (χ1) is 6.36. The minimum atomic E-state index is 0.751. The third-order valence-corrected chi connectivity index (χ3v) is 3.33. The molecule has 2 heteroatoms. The Bertz CT molecular complexity index is 148. The predicted molar refractivity (Wildman–Crippen MR) is 55.9 cm³/mol. The summed E-state index contributed by atoms with van der Waals surface area (Å²) in [5, 5.41) is 3.58. The van der Waals surface area contributed by atoms with Gasteiger partial charge in [0.1, 0.15) is 0 Å². The molecule has 1 heterocycles. The van der Waals surface area contributed by atoms with Crippen LogP contribution >= 0.6 is 0 Å². The van der Waals surface area contributed by atoms with E-state index in [1.807, 2.05) is 0 Å². The van der Waals surface area contributed by atoms with Crippen LogP contribution in [0.2, 0.25) is 0 Å². The average molecular weight is 182 g/mol. The molecule has 76 valence electrons. The minimum Gasteiger partial charge on any atom is -0.315 e. The van der Waals surface area contributed by atoms with Crippen LogP contribution in [0, 0.1) is 5.92 Å². The van der Waals surface area contributed by atoms with Crippen LogP contribution in [0.15, 0.2) is 0 Å². The molecular weight excluding hydrogens is 160 g/mol. The van der Waals surface area contributed by atoms with Crippen molar-refractivity contribution in [3.63, 3.8) is 0 Å². The first kappa shape index (κ1) is 9.47. The molecule has 1 N–H and O–H groups in total. The third kappa shape index (κ3) is 2.96. The van der Waals surface area contributed by atoms with Gasteiger partial charge < -0.3 is 5.32 Å². The molecule has 1 aliphatic carbocycles. The molecule has 2 fully saturated rings. The molecular formula is C11H22N2. The number of rotatable bonds is 5. The molecule has 0 spiro atoms. The lowest BCUT2D eigenvalue weighted by Crippen LogP contribution is -2.39. The molecule has 2 rings (SSSR count).